The maximum absolute atomic E-state index is 13.6. The highest BCUT2D eigenvalue weighted by atomic mass is 35.5. The minimum atomic E-state index is -4.11. The monoisotopic (exact) mass is 343 g/mol. The highest BCUT2D eigenvalue weighted by Gasteiger charge is 2.39. The smallest absolute Gasteiger partial charge is 0.242 e. The maximum atomic E-state index is 13.6. The molecule has 0 heterocycles. The molecule has 4 nitrogen and oxygen atoms in total. The van der Waals surface area contributed by atoms with E-state index in [1.807, 2.05) is 0 Å². The standard InChI is InChI=1S/C12H16Cl2FNO3S/c1-11(2,12(3,4)17)16-20(18,19)8-6-5-7(13)10(15)9(8)14/h5-6,16-17H,1-4H3. The van der Waals surface area contributed by atoms with Crippen molar-refractivity contribution in [3.63, 3.8) is 0 Å². The van der Waals surface area contributed by atoms with Gasteiger partial charge in [0.25, 0.3) is 0 Å². The summed E-state index contributed by atoms with van der Waals surface area (Å²) in [5, 5.41) is 9.11. The topological polar surface area (TPSA) is 66.4 Å². The Morgan fingerprint density at radius 1 is 1.20 bits per heavy atom. The number of hydrogen-bond donors (Lipinski definition) is 2. The van der Waals surface area contributed by atoms with E-state index in [9.17, 15) is 17.9 Å². The van der Waals surface area contributed by atoms with Crippen LogP contribution in [0.15, 0.2) is 17.0 Å². The van der Waals surface area contributed by atoms with E-state index in [2.05, 4.69) is 4.72 Å². The zero-order chi connectivity index (χ0) is 15.9. The zero-order valence-electron chi connectivity index (χ0n) is 11.5. The van der Waals surface area contributed by atoms with Gasteiger partial charge in [-0.2, -0.15) is 0 Å². The Morgan fingerprint density at radius 3 is 2.15 bits per heavy atom. The van der Waals surface area contributed by atoms with Gasteiger partial charge in [-0.3, -0.25) is 0 Å². The van der Waals surface area contributed by atoms with E-state index in [-0.39, 0.29) is 5.02 Å². The Bertz CT molecular complexity index is 624. The maximum Gasteiger partial charge on any atom is 0.242 e. The molecular weight excluding hydrogens is 328 g/mol. The summed E-state index contributed by atoms with van der Waals surface area (Å²) >= 11 is 11.2. The van der Waals surface area contributed by atoms with E-state index >= 15 is 0 Å². The summed E-state index contributed by atoms with van der Waals surface area (Å²) in [6, 6.07) is 2.21. The second-order valence-electron chi connectivity index (χ2n) is 5.46. The van der Waals surface area contributed by atoms with Crippen molar-refractivity contribution < 1.29 is 17.9 Å². The van der Waals surface area contributed by atoms with Gasteiger partial charge < -0.3 is 5.11 Å². The predicted molar refractivity (Wildman–Crippen MR) is 77.1 cm³/mol. The second kappa shape index (κ2) is 5.42. The molecule has 0 aliphatic rings. The first-order valence-electron chi connectivity index (χ1n) is 5.69. The number of nitrogens with one attached hydrogen (secondary N) is 1. The van der Waals surface area contributed by atoms with E-state index in [1.165, 1.54) is 27.7 Å². The lowest BCUT2D eigenvalue weighted by molar-refractivity contribution is 0.00638. The molecule has 114 valence electrons. The Kier molecular flexibility index (Phi) is 4.78. The van der Waals surface area contributed by atoms with Gasteiger partial charge in [0.1, 0.15) is 4.90 Å². The predicted octanol–water partition coefficient (Wildman–Crippen LogP) is 2.96. The van der Waals surface area contributed by atoms with Gasteiger partial charge in [-0.25, -0.2) is 17.5 Å². The van der Waals surface area contributed by atoms with E-state index in [0.717, 1.165) is 12.1 Å². The van der Waals surface area contributed by atoms with Crippen LogP contribution >= 0.6 is 23.2 Å². The Morgan fingerprint density at radius 2 is 1.70 bits per heavy atom. The first-order chi connectivity index (χ1) is 8.79. The summed E-state index contributed by atoms with van der Waals surface area (Å²) in [5.41, 5.74) is -2.53. The molecule has 0 aliphatic carbocycles. The number of sulfonamides is 1. The first kappa shape index (κ1) is 17.7. The molecule has 20 heavy (non-hydrogen) atoms. The Balaban J connectivity index is 3.30. The average molecular weight is 344 g/mol. The molecule has 0 amide bonds. The summed E-state index contributed by atoms with van der Waals surface area (Å²) in [7, 11) is -4.11. The average Bonchev–Trinajstić information content (AvgIpc) is 2.22. The van der Waals surface area contributed by atoms with Crippen LogP contribution in [0.1, 0.15) is 27.7 Å². The fraction of sp³-hybridized carbons (Fsp3) is 0.500. The van der Waals surface area contributed by atoms with Gasteiger partial charge in [0, 0.05) is 0 Å². The van der Waals surface area contributed by atoms with Gasteiger partial charge >= 0.3 is 0 Å². The fourth-order valence-corrected chi connectivity index (χ4v) is 3.51. The van der Waals surface area contributed by atoms with Crippen LogP contribution < -0.4 is 4.72 Å². The van der Waals surface area contributed by atoms with Crippen LogP contribution in [0.5, 0.6) is 0 Å². The molecule has 0 fully saturated rings. The molecule has 2 N–H and O–H groups in total. The van der Waals surface area contributed by atoms with Crippen molar-refractivity contribution in [2.45, 2.75) is 43.7 Å². The van der Waals surface area contributed by atoms with Gasteiger partial charge in [-0.15, -0.1) is 0 Å². The number of hydrogen-bond acceptors (Lipinski definition) is 3. The number of halogens is 3. The van der Waals surface area contributed by atoms with Crippen LogP contribution in [0.2, 0.25) is 10.0 Å². The molecule has 0 saturated heterocycles. The largest absolute Gasteiger partial charge is 0.389 e. The van der Waals surface area contributed by atoms with Gasteiger partial charge in [-0.05, 0) is 39.8 Å². The molecule has 1 aromatic carbocycles. The SMILES string of the molecule is CC(C)(O)C(C)(C)NS(=O)(=O)c1ccc(Cl)c(F)c1Cl. The number of rotatable bonds is 4. The molecule has 0 bridgehead atoms. The summed E-state index contributed by atoms with van der Waals surface area (Å²) in [6.45, 7) is 5.93. The highest BCUT2D eigenvalue weighted by molar-refractivity contribution is 7.89. The molecule has 0 aromatic heterocycles. The van der Waals surface area contributed by atoms with E-state index in [0.29, 0.717) is 0 Å². The molecule has 0 unspecified atom stereocenters. The van der Waals surface area contributed by atoms with E-state index < -0.39 is 36.9 Å². The number of aliphatic hydroxyl groups is 1. The zero-order valence-corrected chi connectivity index (χ0v) is 13.8. The first-order valence-corrected chi connectivity index (χ1v) is 7.93. The van der Waals surface area contributed by atoms with Gasteiger partial charge in [-0.1, -0.05) is 23.2 Å². The van der Waals surface area contributed by atoms with E-state index in [1.54, 1.807) is 0 Å². The summed E-state index contributed by atoms with van der Waals surface area (Å²) in [5.74, 6) is -1.00. The molecule has 0 radical (unpaired) electrons. The number of benzene rings is 1. The Hall–Kier alpha value is -0.400. The molecule has 0 aliphatic heterocycles. The van der Waals surface area contributed by atoms with E-state index in [4.69, 9.17) is 23.2 Å². The highest BCUT2D eigenvalue weighted by Crippen LogP contribution is 2.31. The molecule has 0 spiro atoms. The van der Waals surface area contributed by atoms with Gasteiger partial charge in [0.2, 0.25) is 10.0 Å². The fourth-order valence-electron chi connectivity index (χ4n) is 1.23. The molecule has 8 heteroatoms. The molecule has 0 atom stereocenters. The third-order valence-electron chi connectivity index (χ3n) is 3.21. The normalized spacial score (nSPS) is 13.6. The van der Waals surface area contributed by atoms with Crippen molar-refractivity contribution in [2.75, 3.05) is 0 Å². The Labute approximate surface area is 127 Å². The lowest BCUT2D eigenvalue weighted by Gasteiger charge is -2.37. The van der Waals surface area contributed by atoms with Crippen LogP contribution in [-0.2, 0) is 10.0 Å². The lowest BCUT2D eigenvalue weighted by Crippen LogP contribution is -2.57. The minimum absolute atomic E-state index is 0.268. The molecule has 1 aromatic rings. The van der Waals surface area contributed by atoms with Crippen molar-refractivity contribution in [2.24, 2.45) is 0 Å². The summed E-state index contributed by atoms with van der Waals surface area (Å²) in [4.78, 5) is -0.432. The molecule has 0 saturated carbocycles. The summed E-state index contributed by atoms with van der Waals surface area (Å²) < 4.78 is 40.4. The third-order valence-corrected chi connectivity index (χ3v) is 5.68. The summed E-state index contributed by atoms with van der Waals surface area (Å²) in [6.07, 6.45) is 0. The van der Waals surface area contributed by atoms with Crippen LogP contribution in [0.25, 0.3) is 0 Å². The van der Waals surface area contributed by atoms with Crippen molar-refractivity contribution in [1.29, 1.82) is 0 Å². The molecular formula is C12H16Cl2FNO3S. The van der Waals surface area contributed by atoms with Crippen molar-refractivity contribution in [3.8, 4) is 0 Å². The van der Waals surface area contributed by atoms with Crippen molar-refractivity contribution in [3.05, 3.63) is 28.0 Å². The van der Waals surface area contributed by atoms with Crippen LogP contribution in [0.3, 0.4) is 0 Å². The second-order valence-corrected chi connectivity index (χ2v) is 7.90. The quantitative estimate of drug-likeness (QED) is 0.826. The van der Waals surface area contributed by atoms with Crippen LogP contribution in [0.4, 0.5) is 4.39 Å². The van der Waals surface area contributed by atoms with Gasteiger partial charge in [0.05, 0.1) is 21.2 Å². The van der Waals surface area contributed by atoms with Crippen molar-refractivity contribution >= 4 is 33.2 Å². The third kappa shape index (κ3) is 3.43. The van der Waals surface area contributed by atoms with Crippen molar-refractivity contribution in [1.82, 2.24) is 4.72 Å². The molecule has 1 rings (SSSR count). The lowest BCUT2D eigenvalue weighted by atomic mass is 9.87. The van der Waals surface area contributed by atoms with Crippen LogP contribution in [0, 0.1) is 5.82 Å². The minimum Gasteiger partial charge on any atom is -0.389 e. The van der Waals surface area contributed by atoms with Crippen LogP contribution in [-0.4, -0.2) is 24.7 Å². The van der Waals surface area contributed by atoms with Gasteiger partial charge in [0.15, 0.2) is 5.82 Å².